The van der Waals surface area contributed by atoms with E-state index in [0.717, 1.165) is 5.56 Å². The molecule has 0 fully saturated rings. The second kappa shape index (κ2) is 9.86. The van der Waals surface area contributed by atoms with Gasteiger partial charge in [0, 0.05) is 25.1 Å². The molecule has 0 saturated heterocycles. The minimum atomic E-state index is -0.394. The second-order valence-electron chi connectivity index (χ2n) is 7.36. The van der Waals surface area contributed by atoms with Crippen LogP contribution in [0.4, 0.5) is 16.0 Å². The summed E-state index contributed by atoms with van der Waals surface area (Å²) in [5.74, 6) is -0.843. The van der Waals surface area contributed by atoms with Gasteiger partial charge in [-0.05, 0) is 48.4 Å². The number of pyridine rings is 1. The molecule has 0 atom stereocenters. The number of benzene rings is 2. The van der Waals surface area contributed by atoms with Crippen LogP contribution in [0.25, 0.3) is 22.5 Å². The van der Waals surface area contributed by atoms with E-state index in [-0.39, 0.29) is 24.1 Å². The van der Waals surface area contributed by atoms with Gasteiger partial charge in [-0.25, -0.2) is 4.39 Å². The molecule has 4 rings (SSSR count). The number of aromatic nitrogens is 2. The molecule has 0 radical (unpaired) electrons. The number of amides is 2. The molecular formula is C25H21FN4O3. The van der Waals surface area contributed by atoms with Crippen LogP contribution >= 0.6 is 0 Å². The van der Waals surface area contributed by atoms with E-state index in [1.807, 2.05) is 30.3 Å². The van der Waals surface area contributed by atoms with Gasteiger partial charge in [-0.3, -0.25) is 19.9 Å². The van der Waals surface area contributed by atoms with Crippen LogP contribution in [-0.2, 0) is 16.0 Å². The van der Waals surface area contributed by atoms with Crippen molar-refractivity contribution in [3.8, 4) is 22.5 Å². The number of carbonyl (C=O) groups is 2. The SMILES string of the molecule is CC(=O)Nc1cccnc1-c1c(-c2ccc(F)cc2)noc1NC(=O)CCc1ccccc1. The molecule has 166 valence electrons. The third-order valence-corrected chi connectivity index (χ3v) is 4.90. The molecule has 0 bridgehead atoms. The average molecular weight is 444 g/mol. The maximum atomic E-state index is 13.5. The van der Waals surface area contributed by atoms with E-state index in [2.05, 4.69) is 20.8 Å². The highest BCUT2D eigenvalue weighted by molar-refractivity contribution is 6.01. The molecule has 0 unspecified atom stereocenters. The van der Waals surface area contributed by atoms with Crippen LogP contribution in [0.5, 0.6) is 0 Å². The highest BCUT2D eigenvalue weighted by Gasteiger charge is 2.24. The first kappa shape index (κ1) is 21.9. The minimum Gasteiger partial charge on any atom is -0.337 e. The molecule has 0 aliphatic rings. The van der Waals surface area contributed by atoms with Crippen LogP contribution in [-0.4, -0.2) is 22.0 Å². The van der Waals surface area contributed by atoms with Crippen LogP contribution in [0.3, 0.4) is 0 Å². The van der Waals surface area contributed by atoms with Gasteiger partial charge in [0.25, 0.3) is 0 Å². The fraction of sp³-hybridized carbons (Fsp3) is 0.120. The first-order chi connectivity index (χ1) is 16.0. The van der Waals surface area contributed by atoms with Gasteiger partial charge in [-0.2, -0.15) is 0 Å². The van der Waals surface area contributed by atoms with Crippen LogP contribution in [0.2, 0.25) is 0 Å². The fourth-order valence-corrected chi connectivity index (χ4v) is 3.39. The summed E-state index contributed by atoms with van der Waals surface area (Å²) in [4.78, 5) is 28.8. The van der Waals surface area contributed by atoms with Gasteiger partial charge in [-0.15, -0.1) is 0 Å². The Hall–Kier alpha value is -4.33. The maximum Gasteiger partial charge on any atom is 0.241 e. The van der Waals surface area contributed by atoms with Gasteiger partial charge < -0.3 is 9.84 Å². The summed E-state index contributed by atoms with van der Waals surface area (Å²) < 4.78 is 19.0. The maximum absolute atomic E-state index is 13.5. The first-order valence-electron chi connectivity index (χ1n) is 10.3. The Labute approximate surface area is 189 Å². The molecular weight excluding hydrogens is 423 g/mol. The third kappa shape index (κ3) is 5.30. The lowest BCUT2D eigenvalue weighted by molar-refractivity contribution is -0.116. The predicted octanol–water partition coefficient (Wildman–Crippen LogP) is 5.07. The lowest BCUT2D eigenvalue weighted by Crippen LogP contribution is -2.13. The summed E-state index contributed by atoms with van der Waals surface area (Å²) in [6.07, 6.45) is 2.35. The van der Waals surface area contributed by atoms with Gasteiger partial charge in [-0.1, -0.05) is 35.5 Å². The summed E-state index contributed by atoms with van der Waals surface area (Å²) in [6.45, 7) is 1.39. The number of nitrogens with one attached hydrogen (secondary N) is 2. The number of rotatable bonds is 7. The lowest BCUT2D eigenvalue weighted by Gasteiger charge is -2.10. The average Bonchev–Trinajstić information content (AvgIpc) is 3.22. The predicted molar refractivity (Wildman–Crippen MR) is 123 cm³/mol. The molecule has 0 saturated carbocycles. The number of aryl methyl sites for hydroxylation is 1. The highest BCUT2D eigenvalue weighted by atomic mass is 19.1. The standard InChI is InChI=1S/C25H21FN4O3/c1-16(31)28-20-8-5-15-27-24(20)22-23(18-10-12-19(26)13-11-18)30-33-25(22)29-21(32)14-9-17-6-3-2-4-7-17/h2-8,10-13,15H,9,14H2,1H3,(H,28,31)(H,29,32). The van der Waals surface area contributed by atoms with Crippen molar-refractivity contribution in [2.75, 3.05) is 10.6 Å². The molecule has 0 aliphatic carbocycles. The summed E-state index contributed by atoms with van der Waals surface area (Å²) in [5, 5.41) is 9.62. The Bertz CT molecular complexity index is 1270. The minimum absolute atomic E-state index is 0.0951. The van der Waals surface area contributed by atoms with Crippen molar-refractivity contribution >= 4 is 23.4 Å². The Kier molecular flexibility index (Phi) is 6.54. The van der Waals surface area contributed by atoms with E-state index in [1.54, 1.807) is 30.5 Å². The van der Waals surface area contributed by atoms with Gasteiger partial charge in [0.2, 0.25) is 17.7 Å². The van der Waals surface area contributed by atoms with E-state index < -0.39 is 5.82 Å². The molecule has 2 amide bonds. The normalized spacial score (nSPS) is 10.6. The molecule has 2 N–H and O–H groups in total. The number of anilines is 2. The zero-order valence-corrected chi connectivity index (χ0v) is 17.8. The van der Waals surface area contributed by atoms with Crippen molar-refractivity contribution < 1.29 is 18.5 Å². The summed E-state index contributed by atoms with van der Waals surface area (Å²) in [6, 6.07) is 18.7. The summed E-state index contributed by atoms with van der Waals surface area (Å²) >= 11 is 0. The van der Waals surface area contributed by atoms with Crippen molar-refractivity contribution in [3.05, 3.63) is 84.3 Å². The summed E-state index contributed by atoms with van der Waals surface area (Å²) in [5.41, 5.74) is 3.15. The molecule has 2 heterocycles. The Morgan fingerprint density at radius 3 is 2.42 bits per heavy atom. The number of nitrogens with zero attached hydrogens (tertiary/aromatic N) is 2. The molecule has 0 aliphatic heterocycles. The Morgan fingerprint density at radius 1 is 0.939 bits per heavy atom. The zero-order valence-electron chi connectivity index (χ0n) is 17.8. The highest BCUT2D eigenvalue weighted by Crippen LogP contribution is 2.40. The molecule has 2 aromatic carbocycles. The number of hydrogen-bond acceptors (Lipinski definition) is 5. The fourth-order valence-electron chi connectivity index (χ4n) is 3.39. The van der Waals surface area contributed by atoms with Gasteiger partial charge >= 0.3 is 0 Å². The van der Waals surface area contributed by atoms with Crippen LogP contribution in [0, 0.1) is 5.82 Å². The number of halogens is 1. The Balaban J connectivity index is 1.70. The second-order valence-corrected chi connectivity index (χ2v) is 7.36. The van der Waals surface area contributed by atoms with E-state index >= 15 is 0 Å². The van der Waals surface area contributed by atoms with Crippen molar-refractivity contribution in [1.29, 1.82) is 0 Å². The van der Waals surface area contributed by atoms with E-state index in [9.17, 15) is 14.0 Å². The smallest absolute Gasteiger partial charge is 0.241 e. The van der Waals surface area contributed by atoms with Crippen molar-refractivity contribution in [2.45, 2.75) is 19.8 Å². The van der Waals surface area contributed by atoms with Gasteiger partial charge in [0.1, 0.15) is 17.2 Å². The lowest BCUT2D eigenvalue weighted by atomic mass is 10.0. The monoisotopic (exact) mass is 444 g/mol. The molecule has 4 aromatic rings. The molecule has 0 spiro atoms. The quantitative estimate of drug-likeness (QED) is 0.415. The van der Waals surface area contributed by atoms with Gasteiger partial charge in [0.05, 0.1) is 11.3 Å². The summed E-state index contributed by atoms with van der Waals surface area (Å²) in [7, 11) is 0. The first-order valence-corrected chi connectivity index (χ1v) is 10.3. The molecule has 8 heteroatoms. The van der Waals surface area contributed by atoms with E-state index in [4.69, 9.17) is 4.52 Å². The zero-order chi connectivity index (χ0) is 23.2. The van der Waals surface area contributed by atoms with E-state index in [1.165, 1.54) is 19.1 Å². The molecule has 33 heavy (non-hydrogen) atoms. The van der Waals surface area contributed by atoms with Crippen LogP contribution in [0.1, 0.15) is 18.9 Å². The third-order valence-electron chi connectivity index (χ3n) is 4.90. The van der Waals surface area contributed by atoms with Crippen LogP contribution < -0.4 is 10.6 Å². The number of carbonyl (C=O) groups excluding carboxylic acids is 2. The Morgan fingerprint density at radius 2 is 1.70 bits per heavy atom. The van der Waals surface area contributed by atoms with Crippen molar-refractivity contribution in [1.82, 2.24) is 10.1 Å². The van der Waals surface area contributed by atoms with Crippen LogP contribution in [0.15, 0.2) is 77.4 Å². The molecule has 7 nitrogen and oxygen atoms in total. The topological polar surface area (TPSA) is 97.1 Å². The van der Waals surface area contributed by atoms with E-state index in [0.29, 0.717) is 34.6 Å². The largest absolute Gasteiger partial charge is 0.337 e. The van der Waals surface area contributed by atoms with Crippen molar-refractivity contribution in [2.24, 2.45) is 0 Å². The number of hydrogen-bond donors (Lipinski definition) is 2. The van der Waals surface area contributed by atoms with Gasteiger partial charge in [0.15, 0.2) is 0 Å². The van der Waals surface area contributed by atoms with Crippen molar-refractivity contribution in [3.63, 3.8) is 0 Å². The molecule has 2 aromatic heterocycles.